The van der Waals surface area contributed by atoms with E-state index in [4.69, 9.17) is 4.74 Å². The molecule has 1 N–H and O–H groups in total. The van der Waals surface area contributed by atoms with E-state index in [2.05, 4.69) is 46.4 Å². The standard InChI is InChI=1S/C11H14BrNO.ClH/c1-8-7-14-11(13-8)6-9-4-2-3-5-10(9)12;/h2-5,8,11,13H,6-7H2,1H3;1H. The van der Waals surface area contributed by atoms with Crippen LogP contribution in [0.1, 0.15) is 12.5 Å². The summed E-state index contributed by atoms with van der Waals surface area (Å²) in [6.45, 7) is 2.95. The lowest BCUT2D eigenvalue weighted by atomic mass is 10.1. The molecular weight excluding hydrogens is 277 g/mol. The minimum atomic E-state index is 0. The first-order chi connectivity index (χ1) is 6.75. The second-order valence-corrected chi connectivity index (χ2v) is 4.54. The Hall–Kier alpha value is -0.0900. The highest BCUT2D eigenvalue weighted by molar-refractivity contribution is 9.10. The van der Waals surface area contributed by atoms with Crippen LogP contribution in [0.2, 0.25) is 0 Å². The molecule has 2 unspecified atom stereocenters. The maximum atomic E-state index is 5.59. The van der Waals surface area contributed by atoms with Gasteiger partial charge in [-0.25, -0.2) is 0 Å². The molecule has 1 aromatic rings. The zero-order chi connectivity index (χ0) is 9.97. The first-order valence-corrected chi connectivity index (χ1v) is 5.66. The summed E-state index contributed by atoms with van der Waals surface area (Å²) in [7, 11) is 0. The molecule has 1 fully saturated rings. The molecule has 0 amide bonds. The van der Waals surface area contributed by atoms with Gasteiger partial charge in [0.05, 0.1) is 6.61 Å². The van der Waals surface area contributed by atoms with E-state index in [1.54, 1.807) is 0 Å². The number of rotatable bonds is 2. The third-order valence-electron chi connectivity index (χ3n) is 2.38. The quantitative estimate of drug-likeness (QED) is 0.905. The van der Waals surface area contributed by atoms with Crippen LogP contribution in [0.5, 0.6) is 0 Å². The van der Waals surface area contributed by atoms with Crippen molar-refractivity contribution in [2.24, 2.45) is 0 Å². The van der Waals surface area contributed by atoms with Gasteiger partial charge in [0.25, 0.3) is 0 Å². The van der Waals surface area contributed by atoms with Gasteiger partial charge >= 0.3 is 0 Å². The summed E-state index contributed by atoms with van der Waals surface area (Å²) < 4.78 is 6.75. The van der Waals surface area contributed by atoms with Crippen LogP contribution in [-0.2, 0) is 11.2 Å². The van der Waals surface area contributed by atoms with Crippen LogP contribution in [0.25, 0.3) is 0 Å². The van der Waals surface area contributed by atoms with Crippen LogP contribution in [0.4, 0.5) is 0 Å². The third-order valence-corrected chi connectivity index (χ3v) is 3.15. The van der Waals surface area contributed by atoms with Crippen molar-refractivity contribution in [3.05, 3.63) is 34.3 Å². The zero-order valence-corrected chi connectivity index (χ0v) is 11.0. The smallest absolute Gasteiger partial charge is 0.112 e. The van der Waals surface area contributed by atoms with E-state index < -0.39 is 0 Å². The van der Waals surface area contributed by atoms with Crippen molar-refractivity contribution >= 4 is 28.3 Å². The summed E-state index contributed by atoms with van der Waals surface area (Å²) in [4.78, 5) is 0. The lowest BCUT2D eigenvalue weighted by molar-refractivity contribution is 0.101. The molecule has 1 heterocycles. The largest absolute Gasteiger partial charge is 0.361 e. The van der Waals surface area contributed by atoms with Crippen LogP contribution in [0.3, 0.4) is 0 Å². The highest BCUT2D eigenvalue weighted by atomic mass is 79.9. The summed E-state index contributed by atoms with van der Waals surface area (Å²) in [6, 6.07) is 8.74. The minimum absolute atomic E-state index is 0. The molecule has 4 heteroatoms. The number of ether oxygens (including phenoxy) is 1. The van der Waals surface area contributed by atoms with Gasteiger partial charge in [0.1, 0.15) is 6.23 Å². The predicted molar refractivity (Wildman–Crippen MR) is 67.4 cm³/mol. The molecule has 0 aliphatic carbocycles. The van der Waals surface area contributed by atoms with Gasteiger partial charge in [-0.05, 0) is 18.6 Å². The monoisotopic (exact) mass is 291 g/mol. The Kier molecular flexibility index (Phi) is 5.06. The van der Waals surface area contributed by atoms with Crippen LogP contribution in [0.15, 0.2) is 28.7 Å². The molecule has 0 radical (unpaired) electrons. The fourth-order valence-corrected chi connectivity index (χ4v) is 2.10. The van der Waals surface area contributed by atoms with Crippen LogP contribution < -0.4 is 5.32 Å². The summed E-state index contributed by atoms with van der Waals surface area (Å²) in [6.07, 6.45) is 1.09. The van der Waals surface area contributed by atoms with Crippen molar-refractivity contribution in [1.29, 1.82) is 0 Å². The second-order valence-electron chi connectivity index (χ2n) is 3.69. The SMILES string of the molecule is CC1COC(Cc2ccccc2Br)N1.Cl. The fourth-order valence-electron chi connectivity index (χ4n) is 1.66. The predicted octanol–water partition coefficient (Wildman–Crippen LogP) is 2.75. The Morgan fingerprint density at radius 1 is 1.47 bits per heavy atom. The highest BCUT2D eigenvalue weighted by Gasteiger charge is 2.21. The van der Waals surface area contributed by atoms with Gasteiger partial charge in [-0.1, -0.05) is 34.1 Å². The van der Waals surface area contributed by atoms with E-state index >= 15 is 0 Å². The molecule has 0 spiro atoms. The number of halogens is 2. The molecule has 2 nitrogen and oxygen atoms in total. The average Bonchev–Trinajstić information content (AvgIpc) is 2.56. The first-order valence-electron chi connectivity index (χ1n) is 4.87. The van der Waals surface area contributed by atoms with Gasteiger partial charge in [0.2, 0.25) is 0 Å². The molecule has 2 rings (SSSR count). The van der Waals surface area contributed by atoms with E-state index in [1.165, 1.54) is 5.56 Å². The van der Waals surface area contributed by atoms with Crippen molar-refractivity contribution in [3.8, 4) is 0 Å². The molecule has 1 aromatic carbocycles. The normalized spacial score (nSPS) is 24.9. The van der Waals surface area contributed by atoms with E-state index in [0.717, 1.165) is 17.5 Å². The zero-order valence-electron chi connectivity index (χ0n) is 8.57. The topological polar surface area (TPSA) is 21.3 Å². The Morgan fingerprint density at radius 2 is 2.20 bits per heavy atom. The number of benzene rings is 1. The molecule has 0 bridgehead atoms. The van der Waals surface area contributed by atoms with E-state index in [9.17, 15) is 0 Å². The van der Waals surface area contributed by atoms with Crippen molar-refractivity contribution in [2.45, 2.75) is 25.6 Å². The Labute approximate surface area is 105 Å². The Bertz CT molecular complexity index is 321. The van der Waals surface area contributed by atoms with Crippen LogP contribution >= 0.6 is 28.3 Å². The maximum Gasteiger partial charge on any atom is 0.112 e. The first kappa shape index (κ1) is 13.0. The summed E-state index contributed by atoms with van der Waals surface area (Å²) in [5, 5.41) is 3.39. The molecular formula is C11H15BrClNO. The van der Waals surface area contributed by atoms with Gasteiger partial charge in [0.15, 0.2) is 0 Å². The molecule has 84 valence electrons. The number of nitrogens with one attached hydrogen (secondary N) is 1. The Balaban J connectivity index is 0.00000112. The molecule has 2 atom stereocenters. The number of hydrogen-bond donors (Lipinski definition) is 1. The molecule has 1 aliphatic rings. The van der Waals surface area contributed by atoms with Gasteiger partial charge in [-0.15, -0.1) is 12.4 Å². The van der Waals surface area contributed by atoms with E-state index in [-0.39, 0.29) is 18.6 Å². The average molecular weight is 293 g/mol. The summed E-state index contributed by atoms with van der Waals surface area (Å²) in [5.41, 5.74) is 1.29. The third kappa shape index (κ3) is 3.45. The highest BCUT2D eigenvalue weighted by Crippen LogP contribution is 2.19. The van der Waals surface area contributed by atoms with Gasteiger partial charge in [-0.2, -0.15) is 0 Å². The molecule has 1 aliphatic heterocycles. The lowest BCUT2D eigenvalue weighted by Crippen LogP contribution is -2.29. The van der Waals surface area contributed by atoms with E-state index in [1.807, 2.05) is 6.07 Å². The van der Waals surface area contributed by atoms with Crippen molar-refractivity contribution < 1.29 is 4.74 Å². The van der Waals surface area contributed by atoms with Gasteiger partial charge < -0.3 is 4.74 Å². The maximum absolute atomic E-state index is 5.59. The Morgan fingerprint density at radius 3 is 2.80 bits per heavy atom. The van der Waals surface area contributed by atoms with Gasteiger partial charge in [-0.3, -0.25) is 5.32 Å². The minimum Gasteiger partial charge on any atom is -0.361 e. The van der Waals surface area contributed by atoms with E-state index in [0.29, 0.717) is 6.04 Å². The van der Waals surface area contributed by atoms with Crippen molar-refractivity contribution in [3.63, 3.8) is 0 Å². The van der Waals surface area contributed by atoms with Gasteiger partial charge in [0, 0.05) is 16.9 Å². The van der Waals surface area contributed by atoms with Crippen LogP contribution in [0, 0.1) is 0 Å². The molecule has 0 aromatic heterocycles. The van der Waals surface area contributed by atoms with Crippen molar-refractivity contribution in [2.75, 3.05) is 6.61 Å². The second kappa shape index (κ2) is 5.85. The number of hydrogen-bond acceptors (Lipinski definition) is 2. The molecule has 1 saturated heterocycles. The molecule has 15 heavy (non-hydrogen) atoms. The fraction of sp³-hybridized carbons (Fsp3) is 0.455. The summed E-state index contributed by atoms with van der Waals surface area (Å²) in [5.74, 6) is 0. The summed E-state index contributed by atoms with van der Waals surface area (Å²) >= 11 is 3.54. The molecule has 0 saturated carbocycles. The lowest BCUT2D eigenvalue weighted by Gasteiger charge is -2.11. The van der Waals surface area contributed by atoms with Crippen molar-refractivity contribution in [1.82, 2.24) is 5.32 Å². The van der Waals surface area contributed by atoms with Crippen LogP contribution in [-0.4, -0.2) is 18.9 Å².